The second kappa shape index (κ2) is 9.54. The molecule has 4 aromatic rings. The lowest BCUT2D eigenvalue weighted by atomic mass is 10.2. The van der Waals surface area contributed by atoms with Gasteiger partial charge in [-0.15, -0.1) is 0 Å². The number of rotatable bonds is 4. The Morgan fingerprint density at radius 3 is 2.35 bits per heavy atom. The predicted octanol–water partition coefficient (Wildman–Crippen LogP) is 5.35. The molecule has 2 aromatic carbocycles. The fourth-order valence-corrected chi connectivity index (χ4v) is 5.06. The molecule has 0 spiro atoms. The molecule has 174 valence electrons. The summed E-state index contributed by atoms with van der Waals surface area (Å²) in [6.45, 7) is 4.15. The first-order chi connectivity index (χ1) is 16.4. The van der Waals surface area contributed by atoms with E-state index in [0.717, 1.165) is 31.9 Å². The van der Waals surface area contributed by atoms with Crippen LogP contribution in [-0.2, 0) is 0 Å². The maximum atomic E-state index is 13.2. The fraction of sp³-hybridized carbons (Fsp3) is 0.208. The molecular formula is C24H21BrCl2N6O. The van der Waals surface area contributed by atoms with Crippen LogP contribution in [0.2, 0.25) is 10.0 Å². The number of likely N-dealkylation sites (N-methyl/N-ethyl adjacent to an activating group) is 1. The molecule has 1 aliphatic heterocycles. The third-order valence-electron chi connectivity index (χ3n) is 5.88. The van der Waals surface area contributed by atoms with Crippen molar-refractivity contribution in [2.24, 2.45) is 0 Å². The van der Waals surface area contributed by atoms with E-state index in [1.54, 1.807) is 24.4 Å². The molecule has 1 N–H and O–H groups in total. The van der Waals surface area contributed by atoms with Crippen LogP contribution in [0, 0.1) is 0 Å². The van der Waals surface area contributed by atoms with Crippen LogP contribution < -0.4 is 15.8 Å². The highest BCUT2D eigenvalue weighted by atomic mass is 79.9. The van der Waals surface area contributed by atoms with Crippen LogP contribution in [-0.4, -0.2) is 52.7 Å². The number of hydrogen-bond acceptors (Lipinski definition) is 6. The summed E-state index contributed by atoms with van der Waals surface area (Å²) in [4.78, 5) is 26.8. The van der Waals surface area contributed by atoms with Crippen LogP contribution in [0.15, 0.2) is 64.1 Å². The van der Waals surface area contributed by atoms with Crippen LogP contribution >= 0.6 is 39.1 Å². The SMILES string of the molecule is CN1CCN(c2ccc(Nc3ncc4c(=O)n(-c5c(Cl)cccc5Cl)cc(Br)c4n3)cc2)CC1. The minimum Gasteiger partial charge on any atom is -0.369 e. The zero-order valence-electron chi connectivity index (χ0n) is 18.3. The summed E-state index contributed by atoms with van der Waals surface area (Å²) in [6, 6.07) is 13.3. The highest BCUT2D eigenvalue weighted by Gasteiger charge is 2.16. The number of benzene rings is 2. The number of pyridine rings is 1. The van der Waals surface area contributed by atoms with Gasteiger partial charge in [0.25, 0.3) is 5.56 Å². The molecule has 2 aromatic heterocycles. The molecule has 0 saturated carbocycles. The minimum atomic E-state index is -0.309. The molecule has 7 nitrogen and oxygen atoms in total. The monoisotopic (exact) mass is 558 g/mol. The number of nitrogens with one attached hydrogen (secondary N) is 1. The van der Waals surface area contributed by atoms with Gasteiger partial charge < -0.3 is 15.1 Å². The normalized spacial score (nSPS) is 14.5. The van der Waals surface area contributed by atoms with E-state index in [1.165, 1.54) is 16.5 Å². The van der Waals surface area contributed by atoms with Crippen molar-refractivity contribution in [2.45, 2.75) is 0 Å². The molecule has 1 saturated heterocycles. The first-order valence-corrected chi connectivity index (χ1v) is 12.3. The van der Waals surface area contributed by atoms with Crippen LogP contribution in [0.25, 0.3) is 16.6 Å². The van der Waals surface area contributed by atoms with E-state index in [0.29, 0.717) is 37.1 Å². The Morgan fingerprint density at radius 2 is 1.68 bits per heavy atom. The van der Waals surface area contributed by atoms with E-state index < -0.39 is 0 Å². The van der Waals surface area contributed by atoms with Crippen molar-refractivity contribution >= 4 is 67.4 Å². The quantitative estimate of drug-likeness (QED) is 0.364. The maximum Gasteiger partial charge on any atom is 0.266 e. The molecule has 3 heterocycles. The molecule has 1 fully saturated rings. The van der Waals surface area contributed by atoms with Crippen molar-refractivity contribution in [1.82, 2.24) is 19.4 Å². The number of aromatic nitrogens is 3. The standard InChI is InChI=1S/C24H21BrCl2N6O/c1-31-9-11-32(12-10-31)16-7-5-15(6-8-16)29-24-28-13-17-21(30-24)18(25)14-33(23(17)34)22-19(26)3-2-4-20(22)27/h2-8,13-14H,9-12H2,1H3,(H,28,29,30). The van der Waals surface area contributed by atoms with E-state index in [9.17, 15) is 4.79 Å². The smallest absolute Gasteiger partial charge is 0.266 e. The summed E-state index contributed by atoms with van der Waals surface area (Å²) in [5.41, 5.74) is 2.66. The Balaban J connectivity index is 1.43. The molecule has 10 heteroatoms. The molecule has 0 amide bonds. The van der Waals surface area contributed by atoms with Gasteiger partial charge in [-0.1, -0.05) is 29.3 Å². The van der Waals surface area contributed by atoms with Gasteiger partial charge in [-0.05, 0) is 59.4 Å². The molecule has 34 heavy (non-hydrogen) atoms. The number of para-hydroxylation sites is 1. The molecular weight excluding hydrogens is 539 g/mol. The Kier molecular flexibility index (Phi) is 6.48. The van der Waals surface area contributed by atoms with Gasteiger partial charge in [0, 0.05) is 49.9 Å². The van der Waals surface area contributed by atoms with Crippen molar-refractivity contribution in [1.29, 1.82) is 0 Å². The van der Waals surface area contributed by atoms with Gasteiger partial charge in [0.2, 0.25) is 5.95 Å². The van der Waals surface area contributed by atoms with Gasteiger partial charge in [0.15, 0.2) is 0 Å². The summed E-state index contributed by atoms with van der Waals surface area (Å²) < 4.78 is 2.03. The molecule has 1 aliphatic rings. The highest BCUT2D eigenvalue weighted by Crippen LogP contribution is 2.30. The van der Waals surface area contributed by atoms with E-state index in [4.69, 9.17) is 23.2 Å². The third kappa shape index (κ3) is 4.51. The van der Waals surface area contributed by atoms with Gasteiger partial charge >= 0.3 is 0 Å². The van der Waals surface area contributed by atoms with Gasteiger partial charge in [-0.3, -0.25) is 9.36 Å². The molecule has 0 radical (unpaired) electrons. The Hall–Kier alpha value is -2.65. The first kappa shape index (κ1) is 23.1. The van der Waals surface area contributed by atoms with Crippen molar-refractivity contribution < 1.29 is 0 Å². The summed E-state index contributed by atoms with van der Waals surface area (Å²) in [5, 5.41) is 4.32. The van der Waals surface area contributed by atoms with Crippen molar-refractivity contribution in [3.05, 3.63) is 79.7 Å². The minimum absolute atomic E-state index is 0.309. The largest absolute Gasteiger partial charge is 0.369 e. The summed E-state index contributed by atoms with van der Waals surface area (Å²) >= 11 is 16.2. The lowest BCUT2D eigenvalue weighted by Gasteiger charge is -2.34. The van der Waals surface area contributed by atoms with Gasteiger partial charge in [0.05, 0.1) is 31.1 Å². The number of nitrogens with zero attached hydrogens (tertiary/aromatic N) is 5. The Labute approximate surface area is 215 Å². The van der Waals surface area contributed by atoms with E-state index in [-0.39, 0.29) is 5.56 Å². The van der Waals surface area contributed by atoms with Gasteiger partial charge in [-0.2, -0.15) is 0 Å². The lowest BCUT2D eigenvalue weighted by Crippen LogP contribution is -2.44. The van der Waals surface area contributed by atoms with E-state index >= 15 is 0 Å². The van der Waals surface area contributed by atoms with E-state index in [1.807, 2.05) is 12.1 Å². The van der Waals surface area contributed by atoms with Crippen molar-refractivity contribution in [3.8, 4) is 5.69 Å². The third-order valence-corrected chi connectivity index (χ3v) is 7.07. The molecule has 0 atom stereocenters. The van der Waals surface area contributed by atoms with Crippen LogP contribution in [0.5, 0.6) is 0 Å². The number of anilines is 3. The maximum absolute atomic E-state index is 13.2. The fourth-order valence-electron chi connectivity index (χ4n) is 3.98. The average molecular weight is 560 g/mol. The lowest BCUT2D eigenvalue weighted by molar-refractivity contribution is 0.313. The van der Waals surface area contributed by atoms with Gasteiger partial charge in [-0.25, -0.2) is 9.97 Å². The topological polar surface area (TPSA) is 66.3 Å². The summed E-state index contributed by atoms with van der Waals surface area (Å²) in [5.74, 6) is 0.397. The van der Waals surface area contributed by atoms with Crippen LogP contribution in [0.1, 0.15) is 0 Å². The number of piperazine rings is 1. The summed E-state index contributed by atoms with van der Waals surface area (Å²) in [7, 11) is 2.15. The Bertz CT molecular complexity index is 1400. The zero-order valence-corrected chi connectivity index (χ0v) is 21.4. The predicted molar refractivity (Wildman–Crippen MR) is 142 cm³/mol. The van der Waals surface area contributed by atoms with Crippen LogP contribution in [0.4, 0.5) is 17.3 Å². The summed E-state index contributed by atoms with van der Waals surface area (Å²) in [6.07, 6.45) is 3.14. The first-order valence-electron chi connectivity index (χ1n) is 10.7. The average Bonchev–Trinajstić information content (AvgIpc) is 2.83. The molecule has 0 unspecified atom stereocenters. The van der Waals surface area contributed by atoms with Crippen molar-refractivity contribution in [3.63, 3.8) is 0 Å². The van der Waals surface area contributed by atoms with E-state index in [2.05, 4.69) is 60.2 Å². The van der Waals surface area contributed by atoms with Crippen LogP contribution in [0.3, 0.4) is 0 Å². The highest BCUT2D eigenvalue weighted by molar-refractivity contribution is 9.10. The van der Waals surface area contributed by atoms with Crippen molar-refractivity contribution in [2.75, 3.05) is 43.4 Å². The molecule has 0 aliphatic carbocycles. The van der Waals surface area contributed by atoms with Gasteiger partial charge in [0.1, 0.15) is 0 Å². The zero-order chi connectivity index (χ0) is 23.8. The Morgan fingerprint density at radius 1 is 1.00 bits per heavy atom. The number of halogens is 3. The second-order valence-electron chi connectivity index (χ2n) is 8.14. The number of hydrogen-bond donors (Lipinski definition) is 1. The second-order valence-corrected chi connectivity index (χ2v) is 9.81. The number of fused-ring (bicyclic) bond motifs is 1. The molecule has 5 rings (SSSR count). The molecule has 0 bridgehead atoms.